The van der Waals surface area contributed by atoms with Crippen molar-refractivity contribution in [1.82, 2.24) is 4.57 Å². The van der Waals surface area contributed by atoms with Gasteiger partial charge in [0.2, 0.25) is 0 Å². The number of benzene rings is 9. The van der Waals surface area contributed by atoms with Crippen molar-refractivity contribution < 1.29 is 0 Å². The number of para-hydroxylation sites is 2. The van der Waals surface area contributed by atoms with Crippen LogP contribution in [0.5, 0.6) is 0 Å². The molecule has 2 aromatic heterocycles. The topological polar surface area (TPSA) is 8.17 Å². The molecule has 0 aliphatic heterocycles. The average molecular weight is 745 g/mol. The van der Waals surface area contributed by atoms with Crippen molar-refractivity contribution in [3.63, 3.8) is 0 Å². The molecule has 2 nitrogen and oxygen atoms in total. The molecule has 2 heterocycles. The second kappa shape index (κ2) is 13.8. The molecule has 0 saturated heterocycles. The predicted molar refractivity (Wildman–Crippen MR) is 245 cm³/mol. The number of rotatable bonds is 7. The first-order valence-electron chi connectivity index (χ1n) is 19.4. The summed E-state index contributed by atoms with van der Waals surface area (Å²) in [5.74, 6) is 0. The first-order chi connectivity index (χ1) is 28.2. The maximum absolute atomic E-state index is 2.41. The number of hydrogen-bond acceptors (Lipinski definition) is 2. The van der Waals surface area contributed by atoms with Gasteiger partial charge in [0.05, 0.1) is 11.0 Å². The van der Waals surface area contributed by atoms with Crippen LogP contribution in [-0.2, 0) is 0 Å². The molecule has 0 fully saturated rings. The van der Waals surface area contributed by atoms with Gasteiger partial charge in [0.1, 0.15) is 0 Å². The molecule has 11 rings (SSSR count). The van der Waals surface area contributed by atoms with Crippen LogP contribution in [0.25, 0.3) is 81.0 Å². The van der Waals surface area contributed by atoms with Gasteiger partial charge in [0.15, 0.2) is 0 Å². The largest absolute Gasteiger partial charge is 0.310 e. The molecule has 0 bridgehead atoms. The van der Waals surface area contributed by atoms with Gasteiger partial charge < -0.3 is 9.47 Å². The van der Waals surface area contributed by atoms with E-state index in [1.807, 2.05) is 11.3 Å². The Hall–Kier alpha value is -7.20. The van der Waals surface area contributed by atoms with Crippen LogP contribution >= 0.6 is 11.3 Å². The quantitative estimate of drug-likeness (QED) is 0.158. The van der Waals surface area contributed by atoms with Crippen molar-refractivity contribution in [3.05, 3.63) is 218 Å². The van der Waals surface area contributed by atoms with E-state index >= 15 is 0 Å². The summed E-state index contributed by atoms with van der Waals surface area (Å²) in [6.07, 6.45) is 0. The highest BCUT2D eigenvalue weighted by molar-refractivity contribution is 7.25. The van der Waals surface area contributed by atoms with Gasteiger partial charge in [-0.05, 0) is 112 Å². The number of thiophene rings is 1. The zero-order valence-electron chi connectivity index (χ0n) is 31.1. The fraction of sp³-hybridized carbons (Fsp3) is 0. The summed E-state index contributed by atoms with van der Waals surface area (Å²) in [7, 11) is 0. The van der Waals surface area contributed by atoms with Crippen molar-refractivity contribution >= 4 is 70.4 Å². The molecule has 268 valence electrons. The van der Waals surface area contributed by atoms with E-state index in [2.05, 4.69) is 228 Å². The third-order valence-electron chi connectivity index (χ3n) is 11.2. The van der Waals surface area contributed by atoms with Gasteiger partial charge in [0, 0.05) is 53.7 Å². The van der Waals surface area contributed by atoms with Gasteiger partial charge in [-0.2, -0.15) is 0 Å². The molecule has 9 aromatic carbocycles. The fourth-order valence-corrected chi connectivity index (χ4v) is 9.58. The Morgan fingerprint density at radius 3 is 1.67 bits per heavy atom. The molecule has 0 aliphatic rings. The van der Waals surface area contributed by atoms with Crippen molar-refractivity contribution in [2.24, 2.45) is 0 Å². The summed E-state index contributed by atoms with van der Waals surface area (Å²) in [5.41, 5.74) is 14.2. The van der Waals surface area contributed by atoms with E-state index in [0.29, 0.717) is 0 Å². The summed E-state index contributed by atoms with van der Waals surface area (Å²) >= 11 is 1.86. The summed E-state index contributed by atoms with van der Waals surface area (Å²) < 4.78 is 5.02. The summed E-state index contributed by atoms with van der Waals surface area (Å²) in [6.45, 7) is 0. The van der Waals surface area contributed by atoms with Crippen LogP contribution < -0.4 is 4.90 Å². The Morgan fingerprint density at radius 1 is 0.298 bits per heavy atom. The highest BCUT2D eigenvalue weighted by Gasteiger charge is 2.17. The van der Waals surface area contributed by atoms with Crippen LogP contribution in [0.4, 0.5) is 17.1 Å². The summed E-state index contributed by atoms with van der Waals surface area (Å²) in [6, 6.07) is 79.3. The molecular formula is C54H36N2S. The number of anilines is 3. The van der Waals surface area contributed by atoms with E-state index in [1.165, 1.54) is 75.4 Å². The third kappa shape index (κ3) is 5.88. The maximum atomic E-state index is 2.41. The fourth-order valence-electron chi connectivity index (χ4n) is 8.45. The predicted octanol–water partition coefficient (Wildman–Crippen LogP) is 15.6. The average Bonchev–Trinajstić information content (AvgIpc) is 3.83. The SMILES string of the molecule is c1ccc(-c2cccc(-c3cccc(-n4c5ccccc5c5cc(-c6ccc(N(c7ccccc7)c7ccc8c(c7)sc7ccccc78)cc6)ccc54)c3)c2)cc1. The normalized spacial score (nSPS) is 11.5. The standard InChI is InChI=1S/C54H36N2S/c1-3-13-37(14-4-1)39-15-11-16-40(33-39)41-17-12-20-45(34-41)56-51-23-9-7-21-47(51)50-35-42(27-32-52(50)56)38-25-28-44(29-26-38)55(43-18-5-2-6-19-43)46-30-31-49-48-22-8-10-24-53(48)57-54(49)36-46/h1-36H. The first-order valence-corrected chi connectivity index (χ1v) is 20.2. The van der Waals surface area contributed by atoms with Crippen molar-refractivity contribution in [1.29, 1.82) is 0 Å². The minimum atomic E-state index is 1.12. The lowest BCUT2D eigenvalue weighted by molar-refractivity contribution is 1.18. The lowest BCUT2D eigenvalue weighted by Crippen LogP contribution is -2.09. The Balaban J connectivity index is 0.965. The highest BCUT2D eigenvalue weighted by atomic mass is 32.1. The monoisotopic (exact) mass is 744 g/mol. The summed E-state index contributed by atoms with van der Waals surface area (Å²) in [5, 5.41) is 5.11. The molecule has 0 atom stereocenters. The second-order valence-corrected chi connectivity index (χ2v) is 15.7. The minimum absolute atomic E-state index is 1.12. The molecule has 11 aromatic rings. The molecular weight excluding hydrogens is 709 g/mol. The molecule has 0 unspecified atom stereocenters. The lowest BCUT2D eigenvalue weighted by Gasteiger charge is -2.25. The number of nitrogens with zero attached hydrogens (tertiary/aromatic N) is 2. The van der Waals surface area contributed by atoms with E-state index in [4.69, 9.17) is 0 Å². The maximum Gasteiger partial charge on any atom is 0.0541 e. The van der Waals surface area contributed by atoms with Gasteiger partial charge in [-0.15, -0.1) is 11.3 Å². The minimum Gasteiger partial charge on any atom is -0.310 e. The van der Waals surface area contributed by atoms with Crippen LogP contribution in [0.3, 0.4) is 0 Å². The van der Waals surface area contributed by atoms with Gasteiger partial charge in [-0.3, -0.25) is 0 Å². The molecule has 57 heavy (non-hydrogen) atoms. The molecule has 3 heteroatoms. The molecule has 0 spiro atoms. The Morgan fingerprint density at radius 2 is 0.842 bits per heavy atom. The van der Waals surface area contributed by atoms with Gasteiger partial charge in [-0.25, -0.2) is 0 Å². The Kier molecular flexibility index (Phi) is 8.04. The van der Waals surface area contributed by atoms with Crippen molar-refractivity contribution in [2.75, 3.05) is 4.90 Å². The number of aromatic nitrogens is 1. The van der Waals surface area contributed by atoms with Gasteiger partial charge in [-0.1, -0.05) is 140 Å². The van der Waals surface area contributed by atoms with Gasteiger partial charge in [0.25, 0.3) is 0 Å². The molecule has 0 radical (unpaired) electrons. The van der Waals surface area contributed by atoms with Gasteiger partial charge >= 0.3 is 0 Å². The smallest absolute Gasteiger partial charge is 0.0541 e. The van der Waals surface area contributed by atoms with Crippen LogP contribution in [0.1, 0.15) is 0 Å². The van der Waals surface area contributed by atoms with E-state index in [9.17, 15) is 0 Å². The first kappa shape index (κ1) is 33.2. The zero-order chi connectivity index (χ0) is 37.7. The van der Waals surface area contributed by atoms with E-state index in [1.54, 1.807) is 0 Å². The zero-order valence-corrected chi connectivity index (χ0v) is 31.9. The van der Waals surface area contributed by atoms with Crippen molar-refractivity contribution in [3.8, 4) is 39.1 Å². The van der Waals surface area contributed by atoms with Crippen LogP contribution in [0.15, 0.2) is 218 Å². The lowest BCUT2D eigenvalue weighted by atomic mass is 9.99. The van der Waals surface area contributed by atoms with Crippen LogP contribution in [-0.4, -0.2) is 4.57 Å². The van der Waals surface area contributed by atoms with E-state index in [-0.39, 0.29) is 0 Å². The van der Waals surface area contributed by atoms with Crippen LogP contribution in [0.2, 0.25) is 0 Å². The van der Waals surface area contributed by atoms with E-state index in [0.717, 1.165) is 22.7 Å². The number of hydrogen-bond donors (Lipinski definition) is 0. The Labute approximate surface area is 335 Å². The summed E-state index contributed by atoms with van der Waals surface area (Å²) in [4.78, 5) is 2.36. The number of fused-ring (bicyclic) bond motifs is 6. The van der Waals surface area contributed by atoms with Crippen molar-refractivity contribution in [2.45, 2.75) is 0 Å². The Bertz CT molecular complexity index is 3230. The third-order valence-corrected chi connectivity index (χ3v) is 12.3. The van der Waals surface area contributed by atoms with Crippen LogP contribution in [0, 0.1) is 0 Å². The highest BCUT2D eigenvalue weighted by Crippen LogP contribution is 2.42. The molecule has 0 amide bonds. The van der Waals surface area contributed by atoms with E-state index < -0.39 is 0 Å². The molecule has 0 aliphatic carbocycles. The molecule has 0 saturated carbocycles. The second-order valence-electron chi connectivity index (χ2n) is 14.6. The molecule has 0 N–H and O–H groups in total.